The van der Waals surface area contributed by atoms with Gasteiger partial charge in [0.15, 0.2) is 0 Å². The van der Waals surface area contributed by atoms with E-state index in [1.807, 2.05) is 19.9 Å². The monoisotopic (exact) mass is 218 g/mol. The third-order valence-corrected chi connectivity index (χ3v) is 2.11. The van der Waals surface area contributed by atoms with Crippen LogP contribution in [0.2, 0.25) is 0 Å². The highest BCUT2D eigenvalue weighted by Gasteiger charge is 2.15. The predicted molar refractivity (Wildman–Crippen MR) is 62.7 cm³/mol. The van der Waals surface area contributed by atoms with E-state index in [9.17, 15) is 0 Å². The number of nitrogens with zero attached hydrogens (tertiary/aromatic N) is 2. The second-order valence-electron chi connectivity index (χ2n) is 3.87. The van der Waals surface area contributed by atoms with Gasteiger partial charge in [0, 0.05) is 5.56 Å². The van der Waals surface area contributed by atoms with Crippen molar-refractivity contribution in [2.45, 2.75) is 20.8 Å². The van der Waals surface area contributed by atoms with Crippen molar-refractivity contribution >= 4 is 11.4 Å². The van der Waals surface area contributed by atoms with Crippen LogP contribution in [-0.2, 0) is 0 Å². The summed E-state index contributed by atoms with van der Waals surface area (Å²) in [4.78, 5) is 8.65. The Hall–Kier alpha value is -1.84. The lowest BCUT2D eigenvalue weighted by Crippen LogP contribution is -2.13. The number of pyridine rings is 1. The summed E-state index contributed by atoms with van der Waals surface area (Å²) in [5.74, 6) is 1.65. The zero-order valence-electron chi connectivity index (χ0n) is 9.70. The molecule has 16 heavy (non-hydrogen) atoms. The Bertz CT molecular complexity index is 478. The normalized spacial score (nSPS) is 13.6. The van der Waals surface area contributed by atoms with E-state index in [2.05, 4.69) is 16.6 Å². The number of allylic oxidation sites excluding steroid dienone is 1. The average Bonchev–Trinajstić information content (AvgIpc) is 2.19. The zero-order valence-corrected chi connectivity index (χ0v) is 9.70. The first kappa shape index (κ1) is 10.7. The Labute approximate surface area is 94.6 Å². The lowest BCUT2D eigenvalue weighted by Gasteiger charge is -2.16. The quantitative estimate of drug-likeness (QED) is 0.717. The van der Waals surface area contributed by atoms with Gasteiger partial charge in [-0.25, -0.2) is 4.99 Å². The van der Waals surface area contributed by atoms with Crippen molar-refractivity contribution in [2.75, 3.05) is 6.61 Å². The van der Waals surface area contributed by atoms with Crippen LogP contribution in [0.3, 0.4) is 0 Å². The molecule has 0 aliphatic carbocycles. The summed E-state index contributed by atoms with van der Waals surface area (Å²) < 4.78 is 10.9. The van der Waals surface area contributed by atoms with Gasteiger partial charge in [0.2, 0.25) is 11.8 Å². The minimum absolute atomic E-state index is 0.482. The summed E-state index contributed by atoms with van der Waals surface area (Å²) in [5.41, 5.74) is 2.63. The van der Waals surface area contributed by atoms with E-state index < -0.39 is 0 Å². The van der Waals surface area contributed by atoms with Gasteiger partial charge in [-0.15, -0.1) is 0 Å². The molecule has 2 heterocycles. The van der Waals surface area contributed by atoms with Gasteiger partial charge in [-0.1, -0.05) is 6.58 Å². The minimum atomic E-state index is 0.482. The van der Waals surface area contributed by atoms with Gasteiger partial charge in [-0.3, -0.25) is 0 Å². The molecule has 0 radical (unpaired) electrons. The molecule has 0 amide bonds. The van der Waals surface area contributed by atoms with E-state index in [1.54, 1.807) is 6.92 Å². The first-order valence-corrected chi connectivity index (χ1v) is 5.08. The van der Waals surface area contributed by atoms with Crippen LogP contribution >= 0.6 is 0 Å². The lowest BCUT2D eigenvalue weighted by atomic mass is 10.2. The topological polar surface area (TPSA) is 43.7 Å². The number of aromatic nitrogens is 1. The summed E-state index contributed by atoms with van der Waals surface area (Å²) in [7, 11) is 0. The van der Waals surface area contributed by atoms with Gasteiger partial charge in [0.25, 0.3) is 0 Å². The highest BCUT2D eigenvalue weighted by molar-refractivity contribution is 5.88. The van der Waals surface area contributed by atoms with Crippen molar-refractivity contribution < 1.29 is 9.47 Å². The first-order chi connectivity index (χ1) is 7.56. The number of rotatable bonds is 2. The molecule has 0 saturated heterocycles. The molecule has 2 rings (SSSR count). The van der Waals surface area contributed by atoms with Gasteiger partial charge in [0.1, 0.15) is 12.3 Å². The molecule has 0 atom stereocenters. The van der Waals surface area contributed by atoms with Crippen LogP contribution in [0.25, 0.3) is 0 Å². The molecule has 0 saturated carbocycles. The van der Waals surface area contributed by atoms with Crippen molar-refractivity contribution in [1.29, 1.82) is 0 Å². The van der Waals surface area contributed by atoms with E-state index >= 15 is 0 Å². The second kappa shape index (κ2) is 3.96. The molecule has 1 aromatic heterocycles. The fourth-order valence-electron chi connectivity index (χ4n) is 1.43. The lowest BCUT2D eigenvalue weighted by molar-refractivity contribution is 0.342. The number of hydrogen-bond acceptors (Lipinski definition) is 4. The molecule has 84 valence electrons. The molecule has 0 aromatic carbocycles. The van der Waals surface area contributed by atoms with Crippen molar-refractivity contribution in [3.63, 3.8) is 0 Å². The summed E-state index contributed by atoms with van der Waals surface area (Å²) in [6, 6.07) is 1.91. The van der Waals surface area contributed by atoms with Crippen LogP contribution in [0.1, 0.15) is 19.4 Å². The van der Waals surface area contributed by atoms with Gasteiger partial charge in [0.05, 0.1) is 11.5 Å². The maximum absolute atomic E-state index is 5.46. The summed E-state index contributed by atoms with van der Waals surface area (Å²) >= 11 is 0. The van der Waals surface area contributed by atoms with Crippen molar-refractivity contribution in [1.82, 2.24) is 4.98 Å². The number of ether oxygens (including phenoxy) is 2. The van der Waals surface area contributed by atoms with E-state index in [-0.39, 0.29) is 0 Å². The maximum Gasteiger partial charge on any atom is 0.243 e. The molecule has 0 bridgehead atoms. The van der Waals surface area contributed by atoms with Gasteiger partial charge in [-0.05, 0) is 26.8 Å². The molecule has 0 spiro atoms. The third kappa shape index (κ3) is 2.05. The third-order valence-electron chi connectivity index (χ3n) is 2.11. The first-order valence-electron chi connectivity index (χ1n) is 5.08. The molecule has 0 fully saturated rings. The molecule has 4 nitrogen and oxygen atoms in total. The smallest absolute Gasteiger partial charge is 0.243 e. The molecular weight excluding hydrogens is 204 g/mol. The molecule has 0 N–H and O–H groups in total. The number of aliphatic imine (C=N–C) groups is 1. The predicted octanol–water partition coefficient (Wildman–Crippen LogP) is 2.79. The number of hydrogen-bond donors (Lipinski definition) is 0. The Morgan fingerprint density at radius 2 is 2.25 bits per heavy atom. The highest BCUT2D eigenvalue weighted by Crippen LogP contribution is 2.33. The van der Waals surface area contributed by atoms with E-state index in [0.717, 1.165) is 17.0 Å². The molecule has 0 unspecified atom stereocenters. The highest BCUT2D eigenvalue weighted by atomic mass is 16.5. The molecule has 1 aliphatic rings. The Balaban J connectivity index is 2.42. The zero-order chi connectivity index (χ0) is 11.7. The standard InChI is InChI=1S/C12H14N2O2/c1-7(2)16-11-8(3)5-10-12(14-11)15-6-9(4)13-10/h5H,1,6H2,2-4H3. The summed E-state index contributed by atoms with van der Waals surface area (Å²) in [6.07, 6.45) is 0. The van der Waals surface area contributed by atoms with Crippen LogP contribution < -0.4 is 9.47 Å². The fraction of sp³-hybridized carbons (Fsp3) is 0.333. The molecule has 1 aliphatic heterocycles. The van der Waals surface area contributed by atoms with E-state index in [0.29, 0.717) is 24.1 Å². The molecule has 4 heteroatoms. The van der Waals surface area contributed by atoms with Crippen molar-refractivity contribution in [3.05, 3.63) is 24.0 Å². The largest absolute Gasteiger partial charge is 0.470 e. The van der Waals surface area contributed by atoms with Gasteiger partial charge in [-0.2, -0.15) is 4.98 Å². The number of aryl methyl sites for hydroxylation is 1. The Kier molecular flexibility index (Phi) is 2.64. The van der Waals surface area contributed by atoms with Gasteiger partial charge < -0.3 is 9.47 Å². The van der Waals surface area contributed by atoms with Crippen LogP contribution in [0.4, 0.5) is 5.69 Å². The summed E-state index contributed by atoms with van der Waals surface area (Å²) in [5, 5.41) is 0. The SMILES string of the molecule is C=C(C)Oc1nc2c(cc1C)N=C(C)CO2. The molecule has 1 aromatic rings. The van der Waals surface area contributed by atoms with Crippen LogP contribution in [0.15, 0.2) is 23.4 Å². The fourth-order valence-corrected chi connectivity index (χ4v) is 1.43. The van der Waals surface area contributed by atoms with Crippen LogP contribution in [-0.4, -0.2) is 17.3 Å². The van der Waals surface area contributed by atoms with Crippen LogP contribution in [0, 0.1) is 6.92 Å². The van der Waals surface area contributed by atoms with E-state index in [1.165, 1.54) is 0 Å². The van der Waals surface area contributed by atoms with Crippen LogP contribution in [0.5, 0.6) is 11.8 Å². The average molecular weight is 218 g/mol. The Morgan fingerprint density at radius 1 is 1.50 bits per heavy atom. The second-order valence-corrected chi connectivity index (χ2v) is 3.87. The minimum Gasteiger partial charge on any atom is -0.470 e. The van der Waals surface area contributed by atoms with Crippen molar-refractivity contribution in [3.8, 4) is 11.8 Å². The number of fused-ring (bicyclic) bond motifs is 1. The maximum atomic E-state index is 5.46. The van der Waals surface area contributed by atoms with Gasteiger partial charge >= 0.3 is 0 Å². The van der Waals surface area contributed by atoms with E-state index in [4.69, 9.17) is 9.47 Å². The Morgan fingerprint density at radius 3 is 2.94 bits per heavy atom. The van der Waals surface area contributed by atoms with Crippen molar-refractivity contribution in [2.24, 2.45) is 4.99 Å². The molecular formula is C12H14N2O2. The summed E-state index contributed by atoms with van der Waals surface area (Å²) in [6.45, 7) is 9.80.